The van der Waals surface area contributed by atoms with E-state index in [9.17, 15) is 4.79 Å². The number of rotatable bonds is 6. The van der Waals surface area contributed by atoms with Gasteiger partial charge in [0.2, 0.25) is 5.91 Å². The maximum atomic E-state index is 12.6. The van der Waals surface area contributed by atoms with Gasteiger partial charge in [0.25, 0.3) is 0 Å². The fourth-order valence-electron chi connectivity index (χ4n) is 3.73. The highest BCUT2D eigenvalue weighted by atomic mass is 16.5. The summed E-state index contributed by atoms with van der Waals surface area (Å²) < 4.78 is 11.0. The van der Waals surface area contributed by atoms with Crippen LogP contribution in [0, 0.1) is 0 Å². The van der Waals surface area contributed by atoms with Crippen molar-refractivity contribution in [2.75, 3.05) is 67.7 Å². The molecule has 1 aromatic carbocycles. The number of carbonyl (C=O) groups excluding carboxylic acids is 1. The van der Waals surface area contributed by atoms with Gasteiger partial charge in [-0.15, -0.1) is 0 Å². The summed E-state index contributed by atoms with van der Waals surface area (Å²) in [7, 11) is 0. The number of carbonyl (C=O) groups is 1. The van der Waals surface area contributed by atoms with E-state index in [1.165, 1.54) is 5.69 Å². The molecule has 2 fully saturated rings. The second-order valence-corrected chi connectivity index (χ2v) is 7.31. The van der Waals surface area contributed by atoms with Crippen molar-refractivity contribution in [2.24, 2.45) is 0 Å². The lowest BCUT2D eigenvalue weighted by Crippen LogP contribution is -2.38. The second-order valence-electron chi connectivity index (χ2n) is 7.31. The highest BCUT2D eigenvalue weighted by Crippen LogP contribution is 2.32. The fourth-order valence-corrected chi connectivity index (χ4v) is 3.73. The number of hydrogen-bond donors (Lipinski definition) is 1. The maximum Gasteiger partial charge on any atom is 0.224 e. The van der Waals surface area contributed by atoms with E-state index in [-0.39, 0.29) is 5.91 Å². The Hall–Kier alpha value is -2.64. The van der Waals surface area contributed by atoms with Crippen molar-refractivity contribution >= 4 is 23.0 Å². The smallest absolute Gasteiger partial charge is 0.224 e. The van der Waals surface area contributed by atoms with Crippen molar-refractivity contribution in [3.63, 3.8) is 0 Å². The first-order valence-electron chi connectivity index (χ1n) is 10.3. The number of hydrogen-bond acceptors (Lipinski definition) is 6. The number of anilines is 3. The number of amides is 1. The number of aryl methyl sites for hydroxylation is 1. The predicted molar refractivity (Wildman–Crippen MR) is 114 cm³/mol. The summed E-state index contributed by atoms with van der Waals surface area (Å²) in [5.41, 5.74) is 4.16. The van der Waals surface area contributed by atoms with Gasteiger partial charge < -0.3 is 24.6 Å². The summed E-state index contributed by atoms with van der Waals surface area (Å²) in [6.07, 6.45) is 4.66. The minimum absolute atomic E-state index is 0.0162. The van der Waals surface area contributed by atoms with Crippen LogP contribution in [0.25, 0.3) is 0 Å². The molecular formula is C22H28N4O3. The van der Waals surface area contributed by atoms with Crippen molar-refractivity contribution in [2.45, 2.75) is 12.8 Å². The lowest BCUT2D eigenvalue weighted by atomic mass is 10.1. The standard InChI is InChI=1S/C22H28N4O3/c27-22(6-3-18-2-1-7-23-17-18)24-20-5-4-19(25-8-12-28-13-9-25)16-21(20)26-10-14-29-15-11-26/h1-2,4-5,7,16-17H,3,6,8-15H2,(H,24,27). The third-order valence-corrected chi connectivity index (χ3v) is 5.35. The van der Waals surface area contributed by atoms with Gasteiger partial charge in [0, 0.05) is 50.7 Å². The molecule has 0 unspecified atom stereocenters. The van der Waals surface area contributed by atoms with Crippen LogP contribution < -0.4 is 15.1 Å². The summed E-state index contributed by atoms with van der Waals surface area (Å²) >= 11 is 0. The molecule has 2 aliphatic heterocycles. The summed E-state index contributed by atoms with van der Waals surface area (Å²) in [6.45, 7) is 6.33. The molecule has 0 spiro atoms. The van der Waals surface area contributed by atoms with Crippen LogP contribution in [0.4, 0.5) is 17.1 Å². The molecule has 3 heterocycles. The average molecular weight is 396 g/mol. The normalized spacial score (nSPS) is 17.2. The Morgan fingerprint density at radius 2 is 1.72 bits per heavy atom. The van der Waals surface area contributed by atoms with Crippen molar-refractivity contribution in [3.05, 3.63) is 48.3 Å². The lowest BCUT2D eigenvalue weighted by Gasteiger charge is -2.33. The first kappa shape index (κ1) is 19.7. The Balaban J connectivity index is 1.48. The zero-order valence-corrected chi connectivity index (χ0v) is 16.7. The third-order valence-electron chi connectivity index (χ3n) is 5.35. The molecule has 1 aromatic heterocycles. The molecular weight excluding hydrogens is 368 g/mol. The number of benzene rings is 1. The molecule has 154 valence electrons. The molecule has 29 heavy (non-hydrogen) atoms. The molecule has 4 rings (SSSR count). The molecule has 1 amide bonds. The summed E-state index contributed by atoms with van der Waals surface area (Å²) in [5, 5.41) is 3.12. The first-order valence-corrected chi connectivity index (χ1v) is 10.3. The van der Waals surface area contributed by atoms with E-state index in [1.807, 2.05) is 24.4 Å². The van der Waals surface area contributed by atoms with Gasteiger partial charge in [-0.1, -0.05) is 6.07 Å². The van der Waals surface area contributed by atoms with Gasteiger partial charge in [0.15, 0.2) is 0 Å². The molecule has 7 heteroatoms. The van der Waals surface area contributed by atoms with Crippen LogP contribution in [0.1, 0.15) is 12.0 Å². The largest absolute Gasteiger partial charge is 0.378 e. The third kappa shape index (κ3) is 5.25. The Labute approximate surface area is 171 Å². The average Bonchev–Trinajstić information content (AvgIpc) is 2.80. The monoisotopic (exact) mass is 396 g/mol. The van der Waals surface area contributed by atoms with Crippen molar-refractivity contribution in [1.82, 2.24) is 4.98 Å². The number of nitrogens with zero attached hydrogens (tertiary/aromatic N) is 3. The summed E-state index contributed by atoms with van der Waals surface area (Å²) in [4.78, 5) is 21.3. The minimum atomic E-state index is 0.0162. The second kappa shape index (κ2) is 9.71. The molecule has 0 saturated carbocycles. The SMILES string of the molecule is O=C(CCc1cccnc1)Nc1ccc(N2CCOCC2)cc1N1CCOCC1. The number of morpholine rings is 2. The molecule has 0 bridgehead atoms. The predicted octanol–water partition coefficient (Wildman–Crippen LogP) is 2.33. The Morgan fingerprint density at radius 3 is 2.41 bits per heavy atom. The summed E-state index contributed by atoms with van der Waals surface area (Å²) in [5.74, 6) is 0.0162. The molecule has 0 radical (unpaired) electrons. The number of nitrogens with one attached hydrogen (secondary N) is 1. The van der Waals surface area contributed by atoms with Crippen LogP contribution in [0.3, 0.4) is 0 Å². The highest BCUT2D eigenvalue weighted by Gasteiger charge is 2.19. The first-order chi connectivity index (χ1) is 14.3. The molecule has 2 aromatic rings. The minimum Gasteiger partial charge on any atom is -0.378 e. The van der Waals surface area contributed by atoms with Crippen molar-refractivity contribution in [1.29, 1.82) is 0 Å². The molecule has 2 saturated heterocycles. The Bertz CT molecular complexity index is 803. The van der Waals surface area contributed by atoms with Gasteiger partial charge in [-0.25, -0.2) is 0 Å². The quantitative estimate of drug-likeness (QED) is 0.808. The highest BCUT2D eigenvalue weighted by molar-refractivity contribution is 5.95. The van der Waals surface area contributed by atoms with E-state index in [4.69, 9.17) is 9.47 Å². The van der Waals surface area contributed by atoms with Crippen LogP contribution in [0.5, 0.6) is 0 Å². The number of pyridine rings is 1. The van der Waals surface area contributed by atoms with E-state index >= 15 is 0 Å². The molecule has 7 nitrogen and oxygen atoms in total. The summed E-state index contributed by atoms with van der Waals surface area (Å²) in [6, 6.07) is 10.2. The van der Waals surface area contributed by atoms with E-state index in [2.05, 4.69) is 32.2 Å². The maximum absolute atomic E-state index is 12.6. The van der Waals surface area contributed by atoms with Gasteiger partial charge in [0.1, 0.15) is 0 Å². The van der Waals surface area contributed by atoms with Crippen LogP contribution in [0.2, 0.25) is 0 Å². The topological polar surface area (TPSA) is 66.9 Å². The Morgan fingerprint density at radius 1 is 1.00 bits per heavy atom. The van der Waals surface area contributed by atoms with Gasteiger partial charge >= 0.3 is 0 Å². The fraction of sp³-hybridized carbons (Fsp3) is 0.455. The van der Waals surface area contributed by atoms with Crippen LogP contribution in [-0.4, -0.2) is 63.5 Å². The van der Waals surface area contributed by atoms with Crippen molar-refractivity contribution in [3.8, 4) is 0 Å². The number of aromatic nitrogens is 1. The lowest BCUT2D eigenvalue weighted by molar-refractivity contribution is -0.116. The van der Waals surface area contributed by atoms with Crippen LogP contribution >= 0.6 is 0 Å². The zero-order chi connectivity index (χ0) is 19.9. The van der Waals surface area contributed by atoms with E-state index in [1.54, 1.807) is 6.20 Å². The van der Waals surface area contributed by atoms with Gasteiger partial charge in [-0.3, -0.25) is 9.78 Å². The van der Waals surface area contributed by atoms with E-state index < -0.39 is 0 Å². The van der Waals surface area contributed by atoms with Gasteiger partial charge in [-0.05, 0) is 36.2 Å². The molecule has 0 atom stereocenters. The van der Waals surface area contributed by atoms with Crippen LogP contribution in [0.15, 0.2) is 42.7 Å². The molecule has 1 N–H and O–H groups in total. The zero-order valence-electron chi connectivity index (χ0n) is 16.7. The molecule has 0 aliphatic carbocycles. The van der Waals surface area contributed by atoms with E-state index in [0.717, 1.165) is 56.3 Å². The van der Waals surface area contributed by atoms with Crippen LogP contribution in [-0.2, 0) is 20.7 Å². The van der Waals surface area contributed by atoms with E-state index in [0.29, 0.717) is 26.1 Å². The van der Waals surface area contributed by atoms with Gasteiger partial charge in [0.05, 0.1) is 37.8 Å². The van der Waals surface area contributed by atoms with Gasteiger partial charge in [-0.2, -0.15) is 0 Å². The Kier molecular flexibility index (Phi) is 6.59. The van der Waals surface area contributed by atoms with Crippen molar-refractivity contribution < 1.29 is 14.3 Å². The number of ether oxygens (including phenoxy) is 2. The molecule has 2 aliphatic rings.